The van der Waals surface area contributed by atoms with E-state index in [4.69, 9.17) is 0 Å². The van der Waals surface area contributed by atoms with Crippen molar-refractivity contribution in [1.29, 1.82) is 0 Å². The van der Waals surface area contributed by atoms with Crippen molar-refractivity contribution in [2.45, 2.75) is 112 Å². The molecule has 0 radical (unpaired) electrons. The smallest absolute Gasteiger partial charge is 0.306 e. The monoisotopic (exact) mass is 518 g/mol. The maximum atomic E-state index is 14.1. The summed E-state index contributed by atoms with van der Waals surface area (Å²) in [6, 6.07) is 0. The van der Waals surface area contributed by atoms with Crippen molar-refractivity contribution in [3.05, 3.63) is 11.1 Å². The molecule has 208 valence electrons. The van der Waals surface area contributed by atoms with Crippen molar-refractivity contribution in [2.24, 2.45) is 45.3 Å². The summed E-state index contributed by atoms with van der Waals surface area (Å²) in [5.41, 5.74) is -1.03. The first kappa shape index (κ1) is 28.4. The van der Waals surface area contributed by atoms with E-state index >= 15 is 0 Å². The van der Waals surface area contributed by atoms with Crippen LogP contribution in [0.2, 0.25) is 0 Å². The number of fused-ring (bicyclic) bond motifs is 4. The Kier molecular flexibility index (Phi) is 6.91. The molecular weight excluding hydrogens is 472 g/mol. The van der Waals surface area contributed by atoms with E-state index in [-0.39, 0.29) is 48.6 Å². The van der Waals surface area contributed by atoms with E-state index in [1.807, 2.05) is 34.6 Å². The molecule has 0 aromatic heterocycles. The van der Waals surface area contributed by atoms with Gasteiger partial charge in [-0.3, -0.25) is 14.4 Å². The summed E-state index contributed by atoms with van der Waals surface area (Å²) in [5, 5.41) is 43.3. The molecule has 0 unspecified atom stereocenters. The Morgan fingerprint density at radius 3 is 2.19 bits per heavy atom. The number of carboxylic acid groups (broad SMARTS) is 1. The molecule has 37 heavy (non-hydrogen) atoms. The van der Waals surface area contributed by atoms with Gasteiger partial charge in [0, 0.05) is 30.3 Å². The van der Waals surface area contributed by atoms with Crippen LogP contribution in [0.3, 0.4) is 0 Å². The third kappa shape index (κ3) is 3.89. The Morgan fingerprint density at radius 2 is 1.59 bits per heavy atom. The number of hydrogen-bond acceptors (Lipinski definition) is 6. The fourth-order valence-corrected chi connectivity index (χ4v) is 9.39. The maximum absolute atomic E-state index is 14.1. The predicted octanol–water partition coefficient (Wildman–Crippen LogP) is 3.92. The Bertz CT molecular complexity index is 1030. The molecule has 10 atom stereocenters. The van der Waals surface area contributed by atoms with Crippen LogP contribution in [-0.4, -0.2) is 56.3 Å². The zero-order valence-corrected chi connectivity index (χ0v) is 23.5. The van der Waals surface area contributed by atoms with Crippen LogP contribution in [0, 0.1) is 45.3 Å². The number of aliphatic hydroxyl groups excluding tert-OH is 3. The quantitative estimate of drug-likeness (QED) is 0.419. The van der Waals surface area contributed by atoms with Crippen LogP contribution in [0.25, 0.3) is 0 Å². The normalized spacial score (nSPS) is 44.5. The molecule has 4 aliphatic rings. The van der Waals surface area contributed by atoms with Crippen LogP contribution in [0.15, 0.2) is 11.1 Å². The van der Waals surface area contributed by atoms with E-state index in [0.717, 1.165) is 0 Å². The molecule has 0 heterocycles. The minimum absolute atomic E-state index is 0.0190. The Morgan fingerprint density at radius 1 is 0.973 bits per heavy atom. The molecule has 4 N–H and O–H groups in total. The summed E-state index contributed by atoms with van der Waals surface area (Å²) in [7, 11) is 0. The zero-order chi connectivity index (χ0) is 27.9. The molecule has 0 spiro atoms. The first-order valence-corrected chi connectivity index (χ1v) is 14.0. The van der Waals surface area contributed by atoms with Crippen LogP contribution in [0.1, 0.15) is 93.4 Å². The number of aliphatic carboxylic acids is 1. The molecule has 0 saturated heterocycles. The molecule has 0 amide bonds. The minimum Gasteiger partial charge on any atom is -0.481 e. The average molecular weight is 519 g/mol. The molecule has 0 aromatic rings. The van der Waals surface area contributed by atoms with Crippen molar-refractivity contribution >= 4 is 17.5 Å². The molecule has 7 nitrogen and oxygen atoms in total. The lowest BCUT2D eigenvalue weighted by Gasteiger charge is -2.62. The molecule has 2 saturated carbocycles. The first-order valence-electron chi connectivity index (χ1n) is 14.0. The minimum atomic E-state index is -0.995. The number of hydrogen-bond donors (Lipinski definition) is 4. The van der Waals surface area contributed by atoms with Crippen molar-refractivity contribution in [2.75, 3.05) is 0 Å². The van der Waals surface area contributed by atoms with E-state index < -0.39 is 51.9 Å². The molecule has 4 rings (SSSR count). The van der Waals surface area contributed by atoms with Gasteiger partial charge in [0.1, 0.15) is 5.78 Å². The molecule has 7 heteroatoms. The number of carbonyl (C=O) groups is 3. The van der Waals surface area contributed by atoms with Crippen molar-refractivity contribution < 1.29 is 34.8 Å². The summed E-state index contributed by atoms with van der Waals surface area (Å²) in [4.78, 5) is 38.0. The lowest BCUT2D eigenvalue weighted by atomic mass is 9.42. The summed E-state index contributed by atoms with van der Waals surface area (Å²) in [5.74, 6) is -2.17. The van der Waals surface area contributed by atoms with Crippen LogP contribution in [0.5, 0.6) is 0 Å². The summed E-state index contributed by atoms with van der Waals surface area (Å²) in [6.07, 6.45) is 0.391. The second kappa shape index (κ2) is 8.99. The highest BCUT2D eigenvalue weighted by atomic mass is 16.4. The summed E-state index contributed by atoms with van der Waals surface area (Å²) >= 11 is 0. The highest BCUT2D eigenvalue weighted by Crippen LogP contribution is 2.71. The van der Waals surface area contributed by atoms with E-state index in [0.29, 0.717) is 36.8 Å². The van der Waals surface area contributed by atoms with Crippen LogP contribution in [-0.2, 0) is 14.4 Å². The number of aliphatic hydroxyl groups is 3. The van der Waals surface area contributed by atoms with Crippen molar-refractivity contribution in [1.82, 2.24) is 0 Å². The van der Waals surface area contributed by atoms with Gasteiger partial charge in [-0.15, -0.1) is 0 Å². The fourth-order valence-electron chi connectivity index (χ4n) is 9.39. The van der Waals surface area contributed by atoms with E-state index in [1.54, 1.807) is 0 Å². The van der Waals surface area contributed by atoms with Gasteiger partial charge in [-0.1, -0.05) is 48.5 Å². The second-order valence-electron chi connectivity index (χ2n) is 14.1. The SMILES string of the molecule is C[C@H](CC(=O)C[C@H](C)[C@@H]1C[C@H](O)[C@]2(C)C3=C(C(=O)C[C@]12C)[C@]1(C)CC[C@H](O)C(C)(C)[C@@H]1C[C@@H]3O)C(=O)O. The third-order valence-corrected chi connectivity index (χ3v) is 11.8. The van der Waals surface area contributed by atoms with E-state index in [2.05, 4.69) is 6.92 Å². The second-order valence-corrected chi connectivity index (χ2v) is 14.1. The number of carbonyl (C=O) groups excluding carboxylic acids is 2. The van der Waals surface area contributed by atoms with Gasteiger partial charge in [-0.05, 0) is 65.3 Å². The number of ketones is 2. The fraction of sp³-hybridized carbons (Fsp3) is 0.833. The molecular formula is C30H46O7. The predicted molar refractivity (Wildman–Crippen MR) is 138 cm³/mol. The summed E-state index contributed by atoms with van der Waals surface area (Å²) < 4.78 is 0. The Labute approximate surface area is 220 Å². The standard InChI is InChI=1S/C30H46O7/c1-15(10-17(31)11-16(2)26(36)37)18-12-23(35)30(7)25-19(32)13-21-27(3,4)22(34)8-9-28(21,5)24(25)20(33)14-29(18,30)6/h15-16,18-19,21-23,32,34-35H,8-14H2,1-7H3,(H,36,37)/t15-,16+,18-,19-,21-,22-,23-,28+,29+,30+/m0/s1. The number of Topliss-reactive ketones (excluding diaryl/α,β-unsaturated/α-hetero) is 2. The average Bonchev–Trinajstić information content (AvgIpc) is 2.99. The van der Waals surface area contributed by atoms with Crippen LogP contribution < -0.4 is 0 Å². The van der Waals surface area contributed by atoms with Gasteiger partial charge >= 0.3 is 5.97 Å². The Hall–Kier alpha value is -1.57. The largest absolute Gasteiger partial charge is 0.481 e. The first-order chi connectivity index (χ1) is 16.9. The van der Waals surface area contributed by atoms with Gasteiger partial charge in [0.2, 0.25) is 0 Å². The Balaban J connectivity index is 1.74. The van der Waals surface area contributed by atoms with Crippen LogP contribution >= 0.6 is 0 Å². The maximum Gasteiger partial charge on any atom is 0.306 e. The molecule has 0 bridgehead atoms. The van der Waals surface area contributed by atoms with Gasteiger partial charge in [-0.2, -0.15) is 0 Å². The van der Waals surface area contributed by atoms with Gasteiger partial charge < -0.3 is 20.4 Å². The molecule has 0 aromatic carbocycles. The van der Waals surface area contributed by atoms with Gasteiger partial charge in [0.15, 0.2) is 5.78 Å². The van der Waals surface area contributed by atoms with Gasteiger partial charge in [-0.25, -0.2) is 0 Å². The highest BCUT2D eigenvalue weighted by Gasteiger charge is 2.70. The highest BCUT2D eigenvalue weighted by molar-refractivity contribution is 6.00. The topological polar surface area (TPSA) is 132 Å². The third-order valence-electron chi connectivity index (χ3n) is 11.8. The van der Waals surface area contributed by atoms with Crippen molar-refractivity contribution in [3.8, 4) is 0 Å². The summed E-state index contributed by atoms with van der Waals surface area (Å²) in [6.45, 7) is 13.7. The van der Waals surface area contributed by atoms with E-state index in [9.17, 15) is 34.8 Å². The number of carboxylic acids is 1. The van der Waals surface area contributed by atoms with Gasteiger partial charge in [0.25, 0.3) is 0 Å². The van der Waals surface area contributed by atoms with E-state index in [1.165, 1.54) is 6.92 Å². The molecule has 4 aliphatic carbocycles. The lowest BCUT2D eigenvalue weighted by Crippen LogP contribution is -2.61. The lowest BCUT2D eigenvalue weighted by molar-refractivity contribution is -0.143. The van der Waals surface area contributed by atoms with Gasteiger partial charge in [0.05, 0.1) is 24.2 Å². The van der Waals surface area contributed by atoms with Crippen molar-refractivity contribution in [3.63, 3.8) is 0 Å². The van der Waals surface area contributed by atoms with Crippen LogP contribution in [0.4, 0.5) is 0 Å². The zero-order valence-electron chi connectivity index (χ0n) is 23.5. The number of rotatable bonds is 6. The number of allylic oxidation sites excluding steroid dienone is 1. The molecule has 0 aliphatic heterocycles. The molecule has 2 fully saturated rings.